The number of rotatable bonds is 9. The number of nitrogens with one attached hydrogen (secondary N) is 1. The third kappa shape index (κ3) is 8.00. The summed E-state index contributed by atoms with van der Waals surface area (Å²) in [5.74, 6) is -4.45. The summed E-state index contributed by atoms with van der Waals surface area (Å²) < 4.78 is 84.6. The number of benzene rings is 3. The number of amides is 1. The average molecular weight is 657 g/mol. The third-order valence-electron chi connectivity index (χ3n) is 6.75. The van der Waals surface area contributed by atoms with E-state index in [2.05, 4.69) is 5.32 Å². The van der Waals surface area contributed by atoms with Crippen LogP contribution in [0.5, 0.6) is 11.5 Å². The van der Waals surface area contributed by atoms with Crippen LogP contribution < -0.4 is 15.0 Å². The number of hydrogen-bond acceptors (Lipinski definition) is 6. The molecule has 0 bridgehead atoms. The summed E-state index contributed by atoms with van der Waals surface area (Å²) in [5, 5.41) is 31.2. The molecule has 45 heavy (non-hydrogen) atoms. The van der Waals surface area contributed by atoms with Crippen molar-refractivity contribution in [1.82, 2.24) is 0 Å². The summed E-state index contributed by atoms with van der Waals surface area (Å²) in [7, 11) is 0. The van der Waals surface area contributed by atoms with Gasteiger partial charge in [-0.1, -0.05) is 12.2 Å². The van der Waals surface area contributed by atoms with Gasteiger partial charge in [-0.3, -0.25) is 4.79 Å². The highest BCUT2D eigenvalue weighted by atomic mass is 32.1. The highest BCUT2D eigenvalue weighted by Crippen LogP contribution is 2.39. The van der Waals surface area contributed by atoms with E-state index in [1.54, 1.807) is 0 Å². The highest BCUT2D eigenvalue weighted by Gasteiger charge is 2.38. The lowest BCUT2D eigenvalue weighted by Crippen LogP contribution is -2.41. The molecule has 4 N–H and O–H groups in total. The van der Waals surface area contributed by atoms with Crippen molar-refractivity contribution in [1.29, 1.82) is 0 Å². The first-order valence-corrected chi connectivity index (χ1v) is 13.3. The smallest absolute Gasteiger partial charge is 0.416 e. The van der Waals surface area contributed by atoms with Crippen molar-refractivity contribution >= 4 is 46.4 Å². The molecule has 0 radical (unpaired) electrons. The van der Waals surface area contributed by atoms with Crippen molar-refractivity contribution in [2.24, 2.45) is 0 Å². The van der Waals surface area contributed by atoms with Crippen LogP contribution in [0.15, 0.2) is 54.6 Å². The van der Waals surface area contributed by atoms with Gasteiger partial charge in [-0.05, 0) is 73.0 Å². The molecule has 0 saturated heterocycles. The number of aromatic carboxylic acids is 2. The summed E-state index contributed by atoms with van der Waals surface area (Å²) in [6, 6.07) is 7.47. The minimum absolute atomic E-state index is 0.0643. The molecule has 1 unspecified atom stereocenters. The lowest BCUT2D eigenvalue weighted by Gasteiger charge is -2.26. The number of carbonyl (C=O) groups is 3. The Labute approximate surface area is 255 Å². The Balaban J connectivity index is 1.51. The summed E-state index contributed by atoms with van der Waals surface area (Å²) in [6.07, 6.45) is -9.76. The molecule has 0 aliphatic carbocycles. The maximum absolute atomic E-state index is 13.3. The zero-order valence-corrected chi connectivity index (χ0v) is 23.5. The fourth-order valence-corrected chi connectivity index (χ4v) is 5.01. The van der Waals surface area contributed by atoms with E-state index in [1.165, 1.54) is 35.2 Å². The number of phenols is 1. The predicted molar refractivity (Wildman–Crippen MR) is 151 cm³/mol. The summed E-state index contributed by atoms with van der Waals surface area (Å²) in [4.78, 5) is 37.5. The van der Waals surface area contributed by atoms with Crippen LogP contribution in [-0.2, 0) is 23.6 Å². The molecule has 238 valence electrons. The summed E-state index contributed by atoms with van der Waals surface area (Å²) in [6.45, 7) is -0.919. The number of ether oxygens (including phenoxy) is 1. The molecule has 3 aromatic carbocycles. The number of thiocarbonyl (C=S) groups is 1. The number of fused-ring (bicyclic) bond motifs is 1. The molecule has 0 saturated carbocycles. The van der Waals surface area contributed by atoms with Crippen molar-refractivity contribution in [2.75, 3.05) is 16.8 Å². The van der Waals surface area contributed by atoms with Gasteiger partial charge in [-0.25, -0.2) is 9.59 Å². The van der Waals surface area contributed by atoms with Gasteiger partial charge >= 0.3 is 24.3 Å². The van der Waals surface area contributed by atoms with Crippen LogP contribution in [0.1, 0.15) is 50.2 Å². The van der Waals surface area contributed by atoms with Gasteiger partial charge in [0.05, 0.1) is 27.2 Å². The number of carboxylic acid groups (broad SMARTS) is 2. The van der Waals surface area contributed by atoms with Crippen LogP contribution >= 0.6 is 12.2 Å². The second kappa shape index (κ2) is 12.6. The van der Waals surface area contributed by atoms with E-state index in [9.17, 15) is 56.0 Å². The number of nitrogens with zero attached hydrogens (tertiary/aromatic N) is 1. The Morgan fingerprint density at radius 2 is 1.47 bits per heavy atom. The van der Waals surface area contributed by atoms with E-state index < -0.39 is 59.7 Å². The number of alkyl halides is 6. The Hall–Kier alpha value is -4.86. The van der Waals surface area contributed by atoms with E-state index in [1.807, 2.05) is 0 Å². The normalized spacial score (nSPS) is 14.5. The van der Waals surface area contributed by atoms with Gasteiger partial charge in [0, 0.05) is 23.8 Å². The zero-order chi connectivity index (χ0) is 33.3. The largest absolute Gasteiger partial charge is 0.508 e. The quantitative estimate of drug-likeness (QED) is 0.153. The van der Waals surface area contributed by atoms with Crippen LogP contribution in [0.2, 0.25) is 0 Å². The number of halogens is 6. The number of anilines is 2. The highest BCUT2D eigenvalue weighted by molar-refractivity contribution is 7.80. The number of phenolic OH excluding ortho intramolecular Hbond substituents is 1. The van der Waals surface area contributed by atoms with Gasteiger partial charge in [0.2, 0.25) is 0 Å². The molecule has 1 aliphatic rings. The Morgan fingerprint density at radius 1 is 0.889 bits per heavy atom. The topological polar surface area (TPSA) is 136 Å². The minimum atomic E-state index is -5.11. The van der Waals surface area contributed by atoms with Crippen LogP contribution in [0.25, 0.3) is 0 Å². The molecule has 1 aliphatic heterocycles. The molecule has 1 amide bonds. The molecule has 16 heteroatoms. The predicted octanol–water partition coefficient (Wildman–Crippen LogP) is 6.38. The molecule has 3 aromatic rings. The van der Waals surface area contributed by atoms with Crippen molar-refractivity contribution in [3.8, 4) is 11.5 Å². The summed E-state index contributed by atoms with van der Waals surface area (Å²) >= 11 is 5.34. The van der Waals surface area contributed by atoms with E-state index in [4.69, 9.17) is 17.0 Å². The number of aromatic hydroxyl groups is 1. The van der Waals surface area contributed by atoms with Gasteiger partial charge in [0.1, 0.15) is 11.5 Å². The van der Waals surface area contributed by atoms with E-state index in [0.717, 1.165) is 6.07 Å². The van der Waals surface area contributed by atoms with Gasteiger partial charge in [0.15, 0.2) is 6.61 Å². The maximum Gasteiger partial charge on any atom is 0.416 e. The Kier molecular flexibility index (Phi) is 9.27. The first-order chi connectivity index (χ1) is 20.9. The van der Waals surface area contributed by atoms with Crippen molar-refractivity contribution in [3.63, 3.8) is 0 Å². The SMILES string of the molecule is O=C(O)c1cc(NC(=S)CCC2Cc3cc(O)ccc3N2C(=O)COc2cc(C(F)(F)F)cc(C(F)(F)F)c2)cc(C(=O)O)c1. The van der Waals surface area contributed by atoms with Gasteiger partial charge in [-0.2, -0.15) is 26.3 Å². The van der Waals surface area contributed by atoms with Crippen LogP contribution in [0.4, 0.5) is 37.7 Å². The molecule has 9 nitrogen and oxygen atoms in total. The minimum Gasteiger partial charge on any atom is -0.508 e. The number of carboxylic acids is 2. The van der Waals surface area contributed by atoms with Gasteiger partial charge in [-0.15, -0.1) is 0 Å². The first-order valence-electron chi connectivity index (χ1n) is 12.9. The standard InChI is InChI=1S/C29H22F6N2O7S/c30-28(31,32)17-10-18(29(33,34)35)12-22(11-17)44-13-25(39)37-20(8-14-9-21(38)2-3-23(14)37)1-4-24(45)36-19-6-15(26(40)41)5-16(7-19)27(42)43/h2-3,5-7,9-12,20,38H,1,4,8,13H2,(H,36,45)(H,40,41)(H,42,43). The van der Waals surface area contributed by atoms with Gasteiger partial charge in [0.25, 0.3) is 5.91 Å². The van der Waals surface area contributed by atoms with Crippen molar-refractivity contribution in [3.05, 3.63) is 82.4 Å². The summed E-state index contributed by atoms with van der Waals surface area (Å²) in [5.41, 5.74) is -2.85. The molecule has 0 fully saturated rings. The second-order valence-electron chi connectivity index (χ2n) is 9.96. The van der Waals surface area contributed by atoms with E-state index >= 15 is 0 Å². The average Bonchev–Trinajstić information content (AvgIpc) is 3.31. The third-order valence-corrected chi connectivity index (χ3v) is 7.06. The Morgan fingerprint density at radius 3 is 2.00 bits per heavy atom. The lowest BCUT2D eigenvalue weighted by molar-refractivity contribution is -0.143. The fourth-order valence-electron chi connectivity index (χ4n) is 4.77. The molecule has 0 aromatic heterocycles. The number of carbonyl (C=O) groups excluding carboxylic acids is 1. The van der Waals surface area contributed by atoms with Crippen molar-refractivity contribution < 1.29 is 60.8 Å². The zero-order valence-electron chi connectivity index (χ0n) is 22.7. The molecule has 4 rings (SSSR count). The fraction of sp³-hybridized carbons (Fsp3) is 0.241. The molecule has 1 heterocycles. The van der Waals surface area contributed by atoms with E-state index in [0.29, 0.717) is 23.4 Å². The van der Waals surface area contributed by atoms with Crippen LogP contribution in [-0.4, -0.2) is 50.8 Å². The van der Waals surface area contributed by atoms with Crippen LogP contribution in [0, 0.1) is 0 Å². The Bertz CT molecular complexity index is 1610. The maximum atomic E-state index is 13.3. The van der Waals surface area contributed by atoms with Crippen molar-refractivity contribution in [2.45, 2.75) is 37.7 Å². The number of hydrogen-bond donors (Lipinski definition) is 4. The monoisotopic (exact) mass is 656 g/mol. The van der Waals surface area contributed by atoms with E-state index in [-0.39, 0.29) is 52.9 Å². The second-order valence-corrected chi connectivity index (χ2v) is 10.5. The molecular formula is C29H22F6N2O7S. The van der Waals surface area contributed by atoms with Gasteiger partial charge < -0.3 is 30.3 Å². The molecule has 0 spiro atoms. The molecular weight excluding hydrogens is 634 g/mol. The van der Waals surface area contributed by atoms with Crippen LogP contribution in [0.3, 0.4) is 0 Å². The molecule has 1 atom stereocenters. The first kappa shape index (κ1) is 33.0. The lowest BCUT2D eigenvalue weighted by atomic mass is 10.1.